The van der Waals surface area contributed by atoms with Gasteiger partial charge in [0.1, 0.15) is 24.0 Å². The molecular formula is C31H43N7O6. The summed E-state index contributed by atoms with van der Waals surface area (Å²) in [4.78, 5) is 80.8. The Morgan fingerprint density at radius 3 is 2.43 bits per heavy atom. The van der Waals surface area contributed by atoms with Gasteiger partial charge in [-0.05, 0) is 75.3 Å². The Morgan fingerprint density at radius 2 is 1.80 bits per heavy atom. The van der Waals surface area contributed by atoms with E-state index in [-0.39, 0.29) is 48.8 Å². The lowest BCUT2D eigenvalue weighted by molar-refractivity contribution is -0.138. The number of nitrogens with zero attached hydrogens (tertiary/aromatic N) is 3. The molecule has 3 unspecified atom stereocenters. The van der Waals surface area contributed by atoms with Gasteiger partial charge in [0.05, 0.1) is 12.5 Å². The van der Waals surface area contributed by atoms with E-state index < -0.39 is 35.1 Å². The Bertz CT molecular complexity index is 1440. The quantitative estimate of drug-likeness (QED) is 0.264. The van der Waals surface area contributed by atoms with Crippen LogP contribution in [-0.2, 0) is 32.8 Å². The van der Waals surface area contributed by atoms with Crippen LogP contribution in [0.5, 0.6) is 0 Å². The number of fused-ring (bicyclic) bond motifs is 2. The summed E-state index contributed by atoms with van der Waals surface area (Å²) in [5.74, 6) is -1.52. The van der Waals surface area contributed by atoms with Crippen molar-refractivity contribution in [1.29, 1.82) is 0 Å². The summed E-state index contributed by atoms with van der Waals surface area (Å²) >= 11 is 0. The molecular weight excluding hydrogens is 566 g/mol. The lowest BCUT2D eigenvalue weighted by Crippen LogP contribution is -2.57. The van der Waals surface area contributed by atoms with Gasteiger partial charge in [0, 0.05) is 31.7 Å². The average Bonchev–Trinajstić information content (AvgIpc) is 3.37. The molecule has 2 heterocycles. The Labute approximate surface area is 256 Å². The topological polar surface area (TPSA) is 173 Å². The van der Waals surface area contributed by atoms with Crippen molar-refractivity contribution in [3.63, 3.8) is 0 Å². The molecule has 0 saturated heterocycles. The summed E-state index contributed by atoms with van der Waals surface area (Å²) in [5.41, 5.74) is -0.764. The van der Waals surface area contributed by atoms with Crippen LogP contribution in [0.4, 0.5) is 5.69 Å². The smallest absolute Gasteiger partial charge is 0.287 e. The fourth-order valence-corrected chi connectivity index (χ4v) is 7.05. The third kappa shape index (κ3) is 8.00. The summed E-state index contributed by atoms with van der Waals surface area (Å²) in [6, 6.07) is 1.70. The minimum absolute atomic E-state index is 0.0871. The average molecular weight is 610 g/mol. The standard InChI is InChI=1S/C31H43N7O6/c1-5-33-29(43)25(39)9-8-22(34-28(42)24-16-32-18-37(24)4)27(41)35-23-7-6-10-38(30(23)44)17-26(40)36-31-13-19(2)11-21(15-31)12-20(3)14-31/h6-7,10,16,18-22H,5,8-9,11-15,17H2,1-4H3,(H,33,43)(H,34,42)(H,35,41)(H,36,40). The van der Waals surface area contributed by atoms with Crippen LogP contribution in [0, 0.1) is 17.8 Å². The normalized spacial score (nSPS) is 23.2. The van der Waals surface area contributed by atoms with Gasteiger partial charge in [-0.25, -0.2) is 4.98 Å². The third-order valence-corrected chi connectivity index (χ3v) is 8.55. The van der Waals surface area contributed by atoms with E-state index in [9.17, 15) is 28.8 Å². The zero-order chi connectivity index (χ0) is 32.0. The number of imidazole rings is 1. The lowest BCUT2D eigenvalue weighted by Gasteiger charge is -2.50. The number of aryl methyl sites for hydroxylation is 1. The SMILES string of the molecule is CCNC(=O)C(=O)CCC(NC(=O)c1cncn1C)C(=O)Nc1cccn(CC(=O)NC23CC(C)CC(CC(C)C2)C3)c1=O. The van der Waals surface area contributed by atoms with Crippen molar-refractivity contribution < 1.29 is 24.0 Å². The molecule has 2 aromatic rings. The van der Waals surface area contributed by atoms with Crippen LogP contribution >= 0.6 is 0 Å². The van der Waals surface area contributed by atoms with Gasteiger partial charge in [0.2, 0.25) is 17.6 Å². The first-order valence-corrected chi connectivity index (χ1v) is 15.3. The summed E-state index contributed by atoms with van der Waals surface area (Å²) < 4.78 is 2.70. The largest absolute Gasteiger partial charge is 0.350 e. The maximum absolute atomic E-state index is 13.4. The number of anilines is 1. The number of pyridine rings is 1. The highest BCUT2D eigenvalue weighted by Crippen LogP contribution is 2.47. The second-order valence-corrected chi connectivity index (χ2v) is 12.6. The van der Waals surface area contributed by atoms with E-state index >= 15 is 0 Å². The molecule has 4 amide bonds. The maximum atomic E-state index is 13.4. The minimum Gasteiger partial charge on any atom is -0.350 e. The Morgan fingerprint density at radius 1 is 1.09 bits per heavy atom. The first-order chi connectivity index (χ1) is 20.9. The van der Waals surface area contributed by atoms with Crippen molar-refractivity contribution in [2.24, 2.45) is 24.8 Å². The molecule has 2 aromatic heterocycles. The van der Waals surface area contributed by atoms with Gasteiger partial charge in [-0.1, -0.05) is 13.8 Å². The first kappa shape index (κ1) is 32.6. The summed E-state index contributed by atoms with van der Waals surface area (Å²) in [6.07, 6.45) is 8.87. The van der Waals surface area contributed by atoms with E-state index in [0.717, 1.165) is 19.3 Å². The van der Waals surface area contributed by atoms with E-state index in [1.165, 1.54) is 46.8 Å². The van der Waals surface area contributed by atoms with Crippen molar-refractivity contribution in [3.8, 4) is 0 Å². The van der Waals surface area contributed by atoms with Gasteiger partial charge < -0.3 is 30.4 Å². The number of Topliss-reactive ketones (excluding diaryl/α,β-unsaturated/α-hetero) is 1. The molecule has 13 heteroatoms. The van der Waals surface area contributed by atoms with Gasteiger partial charge >= 0.3 is 0 Å². The second kappa shape index (κ2) is 14.0. The third-order valence-electron chi connectivity index (χ3n) is 8.55. The zero-order valence-electron chi connectivity index (χ0n) is 25.9. The molecule has 2 aliphatic carbocycles. The van der Waals surface area contributed by atoms with Crippen molar-refractivity contribution in [2.75, 3.05) is 11.9 Å². The number of carbonyl (C=O) groups excluding carboxylic acids is 5. The molecule has 0 radical (unpaired) electrons. The van der Waals surface area contributed by atoms with E-state index in [1.54, 1.807) is 20.0 Å². The fourth-order valence-electron chi connectivity index (χ4n) is 7.05. The van der Waals surface area contributed by atoms with Crippen LogP contribution in [0.2, 0.25) is 0 Å². The highest BCUT2D eigenvalue weighted by Gasteiger charge is 2.45. The molecule has 0 spiro atoms. The molecule has 4 rings (SSSR count). The molecule has 2 aliphatic rings. The van der Waals surface area contributed by atoms with Crippen molar-refractivity contribution >= 4 is 35.1 Å². The van der Waals surface area contributed by atoms with Crippen molar-refractivity contribution in [2.45, 2.75) is 83.8 Å². The number of hydrogen-bond acceptors (Lipinski definition) is 7. The van der Waals surface area contributed by atoms with Crippen LogP contribution in [0.3, 0.4) is 0 Å². The molecule has 3 atom stereocenters. The van der Waals surface area contributed by atoms with E-state index in [4.69, 9.17) is 0 Å². The highest BCUT2D eigenvalue weighted by molar-refractivity contribution is 6.36. The number of ketones is 1. The Kier molecular flexibility index (Phi) is 10.4. The molecule has 44 heavy (non-hydrogen) atoms. The second-order valence-electron chi connectivity index (χ2n) is 12.6. The van der Waals surface area contributed by atoms with Gasteiger partial charge in [0.25, 0.3) is 17.4 Å². The number of hydrogen-bond donors (Lipinski definition) is 4. The van der Waals surface area contributed by atoms with E-state index in [1.807, 2.05) is 0 Å². The Hall–Kier alpha value is -4.29. The molecule has 0 aromatic carbocycles. The number of nitrogens with one attached hydrogen (secondary N) is 4. The number of likely N-dealkylation sites (N-methyl/N-ethyl adjacent to an activating group) is 1. The highest BCUT2D eigenvalue weighted by atomic mass is 16.2. The zero-order valence-corrected chi connectivity index (χ0v) is 25.9. The van der Waals surface area contributed by atoms with Crippen LogP contribution in [0.1, 0.15) is 76.2 Å². The molecule has 2 saturated carbocycles. The molecule has 2 bridgehead atoms. The van der Waals surface area contributed by atoms with Crippen molar-refractivity contribution in [3.05, 3.63) is 46.9 Å². The minimum atomic E-state index is -1.25. The van der Waals surface area contributed by atoms with E-state index in [2.05, 4.69) is 40.1 Å². The fraction of sp³-hybridized carbons (Fsp3) is 0.581. The van der Waals surface area contributed by atoms with Gasteiger partial charge in [0.15, 0.2) is 0 Å². The number of carbonyl (C=O) groups is 5. The van der Waals surface area contributed by atoms with Crippen LogP contribution < -0.4 is 26.8 Å². The van der Waals surface area contributed by atoms with Crippen LogP contribution in [-0.4, -0.2) is 61.7 Å². The predicted octanol–water partition coefficient (Wildman–Crippen LogP) is 1.53. The first-order valence-electron chi connectivity index (χ1n) is 15.3. The molecule has 13 nitrogen and oxygen atoms in total. The summed E-state index contributed by atoms with van der Waals surface area (Å²) in [7, 11) is 1.61. The number of rotatable bonds is 12. The van der Waals surface area contributed by atoms with E-state index in [0.29, 0.717) is 17.8 Å². The molecule has 0 aliphatic heterocycles. The van der Waals surface area contributed by atoms with Gasteiger partial charge in [-0.15, -0.1) is 0 Å². The predicted molar refractivity (Wildman–Crippen MR) is 162 cm³/mol. The van der Waals surface area contributed by atoms with Gasteiger partial charge in [-0.3, -0.25) is 28.8 Å². The van der Waals surface area contributed by atoms with Crippen LogP contribution in [0.15, 0.2) is 35.6 Å². The van der Waals surface area contributed by atoms with Crippen molar-refractivity contribution in [1.82, 2.24) is 30.1 Å². The Balaban J connectivity index is 1.46. The maximum Gasteiger partial charge on any atom is 0.287 e. The summed E-state index contributed by atoms with van der Waals surface area (Å²) in [5, 5.41) is 10.8. The molecule has 238 valence electrons. The molecule has 4 N–H and O–H groups in total. The van der Waals surface area contributed by atoms with Gasteiger partial charge in [-0.2, -0.15) is 0 Å². The number of aromatic nitrogens is 3. The number of amides is 4. The summed E-state index contributed by atoms with van der Waals surface area (Å²) in [6.45, 7) is 6.18. The molecule has 2 fully saturated rings. The lowest BCUT2D eigenvalue weighted by atomic mass is 9.61. The van der Waals surface area contributed by atoms with Crippen LogP contribution in [0.25, 0.3) is 0 Å². The monoisotopic (exact) mass is 609 g/mol.